The van der Waals surface area contributed by atoms with Gasteiger partial charge in [0.25, 0.3) is 0 Å². The number of hydrogen-bond acceptors (Lipinski definition) is 0. The van der Waals surface area contributed by atoms with Gasteiger partial charge in [0.1, 0.15) is 0 Å². The van der Waals surface area contributed by atoms with Crippen molar-refractivity contribution in [2.24, 2.45) is 0 Å². The molecule has 0 atom stereocenters. The third-order valence-electron chi connectivity index (χ3n) is 4.90. The largest absolute Gasteiger partial charge is 0.0702 e. The van der Waals surface area contributed by atoms with Crippen molar-refractivity contribution in [3.05, 3.63) is 82.9 Å². The van der Waals surface area contributed by atoms with Crippen LogP contribution in [-0.4, -0.2) is 0 Å². The third-order valence-corrected chi connectivity index (χ3v) is 4.90. The van der Waals surface area contributed by atoms with Crippen molar-refractivity contribution in [3.63, 3.8) is 0 Å². The van der Waals surface area contributed by atoms with E-state index in [2.05, 4.69) is 86.4 Å². The predicted molar refractivity (Wildman–Crippen MR) is 125 cm³/mol. The summed E-state index contributed by atoms with van der Waals surface area (Å²) in [6.45, 7) is 4.49. The van der Waals surface area contributed by atoms with E-state index in [0.717, 1.165) is 0 Å². The van der Waals surface area contributed by atoms with Gasteiger partial charge in [0.05, 0.1) is 0 Å². The van der Waals surface area contributed by atoms with Crippen molar-refractivity contribution >= 4 is 12.2 Å². The molecule has 0 aliphatic rings. The van der Waals surface area contributed by atoms with Gasteiger partial charge in [0.2, 0.25) is 0 Å². The molecule has 0 unspecified atom stereocenters. The Morgan fingerprint density at radius 2 is 1.04 bits per heavy atom. The van der Waals surface area contributed by atoms with Crippen molar-refractivity contribution in [2.45, 2.75) is 65.2 Å². The number of allylic oxidation sites excluding steroid dienone is 2. The van der Waals surface area contributed by atoms with E-state index in [0.29, 0.717) is 0 Å². The van der Waals surface area contributed by atoms with E-state index in [4.69, 9.17) is 0 Å². The van der Waals surface area contributed by atoms with Gasteiger partial charge in [0.15, 0.2) is 0 Å². The fourth-order valence-corrected chi connectivity index (χ4v) is 3.10. The average molecular weight is 371 g/mol. The van der Waals surface area contributed by atoms with E-state index in [1.807, 2.05) is 12.2 Å². The zero-order valence-electron chi connectivity index (χ0n) is 17.6. The van der Waals surface area contributed by atoms with Gasteiger partial charge in [-0.2, -0.15) is 0 Å². The van der Waals surface area contributed by atoms with Crippen molar-refractivity contribution < 1.29 is 0 Å². The summed E-state index contributed by atoms with van der Waals surface area (Å²) >= 11 is 0. The van der Waals surface area contributed by atoms with Gasteiger partial charge in [-0.15, -0.1) is 0 Å². The third kappa shape index (κ3) is 8.92. The van der Waals surface area contributed by atoms with Crippen LogP contribution in [0.3, 0.4) is 0 Å². The molecule has 0 nitrogen and oxygen atoms in total. The molecule has 146 valence electrons. The van der Waals surface area contributed by atoms with Crippen LogP contribution in [0.25, 0.3) is 12.2 Å². The zero-order valence-corrected chi connectivity index (χ0v) is 17.6. The van der Waals surface area contributed by atoms with E-state index in [9.17, 15) is 0 Å². The number of unbranched alkanes of at least 4 members (excludes halogenated alkanes) is 4. The van der Waals surface area contributed by atoms with E-state index < -0.39 is 0 Å². The van der Waals surface area contributed by atoms with Crippen LogP contribution in [0.15, 0.2) is 60.7 Å². The molecule has 0 amide bonds. The molecule has 0 aromatic heterocycles. The average Bonchev–Trinajstić information content (AvgIpc) is 2.74. The van der Waals surface area contributed by atoms with Crippen LogP contribution in [0, 0.1) is 11.8 Å². The van der Waals surface area contributed by atoms with E-state index >= 15 is 0 Å². The van der Waals surface area contributed by atoms with Gasteiger partial charge >= 0.3 is 0 Å². The molecule has 0 heteroatoms. The van der Waals surface area contributed by atoms with E-state index in [1.54, 1.807) is 0 Å². The van der Waals surface area contributed by atoms with Crippen LogP contribution < -0.4 is 0 Å². The number of aryl methyl sites for hydroxylation is 2. The molecule has 0 heterocycles. The summed E-state index contributed by atoms with van der Waals surface area (Å²) in [5.41, 5.74) is 5.26. The Hall–Kier alpha value is -2.52. The fraction of sp³-hybridized carbons (Fsp3) is 0.357. The van der Waals surface area contributed by atoms with Crippen molar-refractivity contribution in [3.8, 4) is 11.8 Å². The summed E-state index contributed by atoms with van der Waals surface area (Å²) in [6.07, 6.45) is 18.1. The highest BCUT2D eigenvalue weighted by Crippen LogP contribution is 2.11. The van der Waals surface area contributed by atoms with Crippen LogP contribution in [0.2, 0.25) is 0 Å². The first-order valence-electron chi connectivity index (χ1n) is 10.8. The molecule has 0 saturated carbocycles. The molecule has 0 aliphatic carbocycles. The monoisotopic (exact) mass is 370 g/mol. The van der Waals surface area contributed by atoms with Gasteiger partial charge in [-0.3, -0.25) is 0 Å². The lowest BCUT2D eigenvalue weighted by molar-refractivity contribution is 0.667. The van der Waals surface area contributed by atoms with Gasteiger partial charge in [-0.05, 0) is 72.2 Å². The minimum absolute atomic E-state index is 1.17. The Kier molecular flexibility index (Phi) is 10.6. The van der Waals surface area contributed by atoms with Crippen molar-refractivity contribution in [2.75, 3.05) is 0 Å². The van der Waals surface area contributed by atoms with Gasteiger partial charge in [-0.1, -0.05) is 99.9 Å². The summed E-state index contributed by atoms with van der Waals surface area (Å²) in [7, 11) is 0. The first-order chi connectivity index (χ1) is 13.8. The van der Waals surface area contributed by atoms with Crippen LogP contribution >= 0.6 is 0 Å². The summed E-state index contributed by atoms with van der Waals surface area (Å²) in [5.74, 6) is 6.18. The number of hydrogen-bond donors (Lipinski definition) is 0. The maximum Gasteiger partial charge on any atom is -0.0109 e. The van der Waals surface area contributed by atoms with Crippen LogP contribution in [0.1, 0.15) is 74.6 Å². The van der Waals surface area contributed by atoms with Crippen LogP contribution in [-0.2, 0) is 12.8 Å². The van der Waals surface area contributed by atoms with Crippen molar-refractivity contribution in [1.29, 1.82) is 0 Å². The normalized spacial score (nSPS) is 11.1. The predicted octanol–water partition coefficient (Wildman–Crippen LogP) is 7.88. The Morgan fingerprint density at radius 1 is 0.571 bits per heavy atom. The maximum absolute atomic E-state index is 3.09. The molecule has 0 N–H and O–H groups in total. The lowest BCUT2D eigenvalue weighted by Crippen LogP contribution is -1.85. The first-order valence-corrected chi connectivity index (χ1v) is 10.8. The first kappa shape index (κ1) is 21.8. The number of rotatable bonds is 10. The molecule has 0 fully saturated rings. The molecule has 28 heavy (non-hydrogen) atoms. The molecule has 2 aromatic carbocycles. The Bertz CT molecular complexity index is 777. The summed E-state index contributed by atoms with van der Waals surface area (Å²) in [4.78, 5) is 0. The Balaban J connectivity index is 1.77. The van der Waals surface area contributed by atoms with Gasteiger partial charge in [0, 0.05) is 0 Å². The van der Waals surface area contributed by atoms with Gasteiger partial charge in [-0.25, -0.2) is 0 Å². The van der Waals surface area contributed by atoms with E-state index in [-0.39, 0.29) is 0 Å². The topological polar surface area (TPSA) is 0 Å². The second kappa shape index (κ2) is 13.6. The van der Waals surface area contributed by atoms with Gasteiger partial charge < -0.3 is 0 Å². The lowest BCUT2D eigenvalue weighted by Gasteiger charge is -2.01. The summed E-state index contributed by atoms with van der Waals surface area (Å²) in [6, 6.07) is 17.6. The van der Waals surface area contributed by atoms with Crippen molar-refractivity contribution in [1.82, 2.24) is 0 Å². The summed E-state index contributed by atoms with van der Waals surface area (Å²) < 4.78 is 0. The highest BCUT2D eigenvalue weighted by Gasteiger charge is 1.94. The smallest absolute Gasteiger partial charge is 0.0109 e. The number of benzene rings is 2. The molecular formula is C28H34. The zero-order chi connectivity index (χ0) is 19.9. The molecular weight excluding hydrogens is 336 g/mol. The molecule has 0 saturated heterocycles. The Labute approximate surface area is 172 Å². The molecule has 0 radical (unpaired) electrons. The summed E-state index contributed by atoms with van der Waals surface area (Å²) in [5, 5.41) is 0. The second-order valence-corrected chi connectivity index (χ2v) is 7.35. The molecule has 2 rings (SSSR count). The lowest BCUT2D eigenvalue weighted by atomic mass is 10.0. The molecule has 0 bridgehead atoms. The molecule has 0 aliphatic heterocycles. The highest BCUT2D eigenvalue weighted by molar-refractivity contribution is 5.56. The van der Waals surface area contributed by atoms with Crippen LogP contribution in [0.4, 0.5) is 0 Å². The van der Waals surface area contributed by atoms with Crippen LogP contribution in [0.5, 0.6) is 0 Å². The second-order valence-electron chi connectivity index (χ2n) is 7.35. The minimum atomic E-state index is 1.17. The SMILES string of the molecule is CCCCCCc1ccc(/C=C/C#C/C=C/c2ccc(CCCC)cc2)cc1. The minimum Gasteiger partial charge on any atom is -0.0702 e. The maximum atomic E-state index is 3.09. The fourth-order valence-electron chi connectivity index (χ4n) is 3.10. The molecule has 2 aromatic rings. The highest BCUT2D eigenvalue weighted by atomic mass is 14.0. The molecule has 0 spiro atoms. The standard InChI is InChI=1S/C28H34/c1-3-5-7-10-14-26-21-23-28(24-22-26)16-12-9-8-11-15-27-19-17-25(18-20-27)13-6-4-2/h11-12,15-24H,3-7,10,13-14H2,1-2H3/b15-11+,16-12+. The quantitative estimate of drug-likeness (QED) is 0.295. The van der Waals surface area contributed by atoms with E-state index in [1.165, 1.54) is 73.6 Å². The Morgan fingerprint density at radius 3 is 1.50 bits per heavy atom.